The number of hydrogen-bond acceptors (Lipinski definition) is 3. The molecule has 3 fully saturated rings. The predicted octanol–water partition coefficient (Wildman–Crippen LogP) is 5.92. The van der Waals surface area contributed by atoms with Crippen molar-refractivity contribution in [1.82, 2.24) is 9.80 Å². The van der Waals surface area contributed by atoms with Crippen molar-refractivity contribution in [1.29, 1.82) is 0 Å². The maximum atomic E-state index is 13.2. The van der Waals surface area contributed by atoms with Gasteiger partial charge in [-0.3, -0.25) is 4.79 Å². The zero-order chi connectivity index (χ0) is 23.9. The second kappa shape index (κ2) is 9.72. The molecule has 34 heavy (non-hydrogen) atoms. The molecule has 5 rings (SSSR count). The lowest BCUT2D eigenvalue weighted by Crippen LogP contribution is -2.56. The zero-order valence-corrected chi connectivity index (χ0v) is 21.4. The van der Waals surface area contributed by atoms with Crippen molar-refractivity contribution in [3.63, 3.8) is 0 Å². The van der Waals surface area contributed by atoms with Crippen LogP contribution in [0.15, 0.2) is 42.5 Å². The largest absolute Gasteiger partial charge is 0.508 e. The molecule has 2 saturated carbocycles. The summed E-state index contributed by atoms with van der Waals surface area (Å²) in [6, 6.07) is 13.5. The van der Waals surface area contributed by atoms with E-state index in [0.717, 1.165) is 50.3 Å². The lowest BCUT2D eigenvalue weighted by Gasteiger charge is -2.54. The molecular formula is C28H34Cl2N2O2. The Labute approximate surface area is 212 Å². The van der Waals surface area contributed by atoms with Gasteiger partial charge in [0, 0.05) is 31.6 Å². The molecule has 0 spiro atoms. The number of halogens is 2. The van der Waals surface area contributed by atoms with Crippen LogP contribution in [0.2, 0.25) is 10.0 Å². The first-order chi connectivity index (χ1) is 16.3. The topological polar surface area (TPSA) is 43.8 Å². The smallest absolute Gasteiger partial charge is 0.226 e. The number of hydrogen-bond donors (Lipinski definition) is 1. The van der Waals surface area contributed by atoms with E-state index in [1.807, 2.05) is 30.1 Å². The van der Waals surface area contributed by atoms with Gasteiger partial charge >= 0.3 is 0 Å². The summed E-state index contributed by atoms with van der Waals surface area (Å²) in [6.07, 6.45) is 7.24. The summed E-state index contributed by atoms with van der Waals surface area (Å²) >= 11 is 12.2. The summed E-state index contributed by atoms with van der Waals surface area (Å²) in [7, 11) is 1.95. The quantitative estimate of drug-likeness (QED) is 0.534. The monoisotopic (exact) mass is 500 g/mol. The first-order valence-corrected chi connectivity index (χ1v) is 13.3. The third-order valence-electron chi connectivity index (χ3n) is 8.50. The third-order valence-corrected chi connectivity index (χ3v) is 9.24. The van der Waals surface area contributed by atoms with Crippen LogP contribution in [0.25, 0.3) is 0 Å². The number of rotatable bonds is 6. The highest BCUT2D eigenvalue weighted by molar-refractivity contribution is 6.42. The minimum atomic E-state index is -0.000171. The minimum Gasteiger partial charge on any atom is -0.508 e. The van der Waals surface area contributed by atoms with Crippen LogP contribution in [0.3, 0.4) is 0 Å². The standard InChI is InChI=1S/C28H34Cl2N2O2/c1-31(27(34)14-20-7-10-25(29)26(30)13-20)23-9-8-22-18-32(17-19-5-6-19)12-11-28(22,16-23)21-3-2-4-24(33)15-21/h2-4,7,10,13,15,19,22-23,33H,5-6,8-9,11-12,14,16-18H2,1H3/t22-,23-,28+/m1/s1. The number of piperidine rings is 1. The van der Waals surface area contributed by atoms with E-state index in [1.165, 1.54) is 24.9 Å². The number of benzene rings is 2. The van der Waals surface area contributed by atoms with Crippen molar-refractivity contribution in [2.75, 3.05) is 26.7 Å². The molecule has 1 saturated heterocycles. The highest BCUT2D eigenvalue weighted by Crippen LogP contribution is 2.51. The Hall–Kier alpha value is -1.75. The van der Waals surface area contributed by atoms with E-state index in [4.69, 9.17) is 23.2 Å². The van der Waals surface area contributed by atoms with Crippen LogP contribution in [0.1, 0.15) is 49.7 Å². The Kier molecular flexibility index (Phi) is 6.85. The van der Waals surface area contributed by atoms with Crippen LogP contribution in [0.5, 0.6) is 5.75 Å². The molecule has 0 aromatic heterocycles. The van der Waals surface area contributed by atoms with Crippen molar-refractivity contribution in [3.8, 4) is 5.75 Å². The second-order valence-corrected chi connectivity index (χ2v) is 11.5. The van der Waals surface area contributed by atoms with Crippen molar-refractivity contribution in [2.24, 2.45) is 11.8 Å². The molecular weight excluding hydrogens is 467 g/mol. The first-order valence-electron chi connectivity index (χ1n) is 12.6. The molecule has 3 aliphatic rings. The fourth-order valence-electron chi connectivity index (χ4n) is 6.32. The first kappa shape index (κ1) is 24.0. The van der Waals surface area contributed by atoms with Gasteiger partial charge in [-0.1, -0.05) is 41.4 Å². The van der Waals surface area contributed by atoms with Crippen LogP contribution in [-0.4, -0.2) is 53.5 Å². The average molecular weight is 501 g/mol. The summed E-state index contributed by atoms with van der Waals surface area (Å²) < 4.78 is 0. The number of nitrogens with zero attached hydrogens (tertiary/aromatic N) is 2. The van der Waals surface area contributed by atoms with Gasteiger partial charge in [-0.2, -0.15) is 0 Å². The molecule has 0 bridgehead atoms. The number of phenolic OH excluding ortho intramolecular Hbond substituents is 1. The predicted molar refractivity (Wildman–Crippen MR) is 138 cm³/mol. The Bertz CT molecular complexity index is 1060. The molecule has 0 radical (unpaired) electrons. The van der Waals surface area contributed by atoms with Crippen LogP contribution in [-0.2, 0) is 16.6 Å². The van der Waals surface area contributed by atoms with E-state index in [9.17, 15) is 9.90 Å². The van der Waals surface area contributed by atoms with Crippen molar-refractivity contribution < 1.29 is 9.90 Å². The van der Waals surface area contributed by atoms with E-state index in [2.05, 4.69) is 11.0 Å². The normalized spacial score (nSPS) is 27.3. The van der Waals surface area contributed by atoms with Gasteiger partial charge in [-0.05, 0) is 92.3 Å². The molecule has 3 atom stereocenters. The minimum absolute atomic E-state index is 0.000171. The summed E-state index contributed by atoms with van der Waals surface area (Å²) in [5, 5.41) is 11.3. The van der Waals surface area contributed by atoms with Gasteiger partial charge in [0.2, 0.25) is 5.91 Å². The van der Waals surface area contributed by atoms with Crippen LogP contribution in [0.4, 0.5) is 0 Å². The number of likely N-dealkylation sites (tertiary alicyclic amines) is 1. The van der Waals surface area contributed by atoms with Gasteiger partial charge in [0.05, 0.1) is 16.5 Å². The Morgan fingerprint density at radius 3 is 2.68 bits per heavy atom. The lowest BCUT2D eigenvalue weighted by molar-refractivity contribution is -0.133. The van der Waals surface area contributed by atoms with Crippen LogP contribution in [0, 0.1) is 11.8 Å². The Morgan fingerprint density at radius 2 is 1.94 bits per heavy atom. The maximum Gasteiger partial charge on any atom is 0.226 e. The number of carbonyl (C=O) groups is 1. The van der Waals surface area contributed by atoms with Gasteiger partial charge in [0.15, 0.2) is 0 Å². The SMILES string of the molecule is CN(C(=O)Cc1ccc(Cl)c(Cl)c1)[C@@H]1CC[C@@H]2CN(CC3CC3)CC[C@@]2(c2cccc(O)c2)C1. The lowest BCUT2D eigenvalue weighted by atomic mass is 9.57. The number of carbonyl (C=O) groups excluding carboxylic acids is 1. The second-order valence-electron chi connectivity index (χ2n) is 10.7. The molecule has 1 amide bonds. The number of likely N-dealkylation sites (N-methyl/N-ethyl adjacent to an activating group) is 1. The number of phenols is 1. The fraction of sp³-hybridized carbons (Fsp3) is 0.536. The van der Waals surface area contributed by atoms with Gasteiger partial charge in [-0.25, -0.2) is 0 Å². The van der Waals surface area contributed by atoms with E-state index < -0.39 is 0 Å². The van der Waals surface area contributed by atoms with Crippen molar-refractivity contribution in [3.05, 3.63) is 63.6 Å². The summed E-state index contributed by atoms with van der Waals surface area (Å²) in [6.45, 7) is 3.45. The van der Waals surface area contributed by atoms with E-state index in [1.54, 1.807) is 18.2 Å². The number of aromatic hydroxyl groups is 1. The molecule has 2 aromatic rings. The highest BCUT2D eigenvalue weighted by atomic mass is 35.5. The molecule has 1 heterocycles. The van der Waals surface area contributed by atoms with Gasteiger partial charge in [0.1, 0.15) is 5.75 Å². The number of amides is 1. The fourth-order valence-corrected chi connectivity index (χ4v) is 6.64. The highest BCUT2D eigenvalue weighted by Gasteiger charge is 2.49. The summed E-state index contributed by atoms with van der Waals surface area (Å²) in [4.78, 5) is 17.9. The van der Waals surface area contributed by atoms with Gasteiger partial charge < -0.3 is 14.9 Å². The summed E-state index contributed by atoms with van der Waals surface area (Å²) in [5.41, 5.74) is 2.12. The summed E-state index contributed by atoms with van der Waals surface area (Å²) in [5.74, 6) is 1.89. The maximum absolute atomic E-state index is 13.2. The molecule has 1 aliphatic heterocycles. The Balaban J connectivity index is 1.35. The molecule has 182 valence electrons. The third kappa shape index (κ3) is 4.96. The van der Waals surface area contributed by atoms with E-state index in [-0.39, 0.29) is 17.4 Å². The average Bonchev–Trinajstić information content (AvgIpc) is 3.64. The molecule has 0 unspecified atom stereocenters. The van der Waals surface area contributed by atoms with Crippen LogP contribution < -0.4 is 0 Å². The number of fused-ring (bicyclic) bond motifs is 1. The molecule has 6 heteroatoms. The van der Waals surface area contributed by atoms with Gasteiger partial charge in [-0.15, -0.1) is 0 Å². The van der Waals surface area contributed by atoms with E-state index >= 15 is 0 Å². The molecule has 1 N–H and O–H groups in total. The van der Waals surface area contributed by atoms with Crippen molar-refractivity contribution >= 4 is 29.1 Å². The zero-order valence-electron chi connectivity index (χ0n) is 19.9. The molecule has 2 aromatic carbocycles. The Morgan fingerprint density at radius 1 is 1.12 bits per heavy atom. The van der Waals surface area contributed by atoms with Gasteiger partial charge in [0.25, 0.3) is 0 Å². The molecule has 2 aliphatic carbocycles. The molecule has 4 nitrogen and oxygen atoms in total. The van der Waals surface area contributed by atoms with Crippen molar-refractivity contribution in [2.45, 2.75) is 56.4 Å². The van der Waals surface area contributed by atoms with Crippen LogP contribution >= 0.6 is 23.2 Å². The van der Waals surface area contributed by atoms with E-state index in [0.29, 0.717) is 28.1 Å².